The second-order valence-electron chi connectivity index (χ2n) is 9.05. The number of oxime groups is 1. The minimum atomic E-state index is -1.41. The van der Waals surface area contributed by atoms with Crippen LogP contribution in [0.3, 0.4) is 0 Å². The molecule has 2 heterocycles. The zero-order valence-corrected chi connectivity index (χ0v) is 18.7. The van der Waals surface area contributed by atoms with Crippen LogP contribution in [0.1, 0.15) is 44.9 Å². The first-order valence-electron chi connectivity index (χ1n) is 11.2. The summed E-state index contributed by atoms with van der Waals surface area (Å²) < 4.78 is 5.46. The van der Waals surface area contributed by atoms with E-state index < -0.39 is 11.6 Å². The highest BCUT2D eigenvalue weighted by Gasteiger charge is 2.62. The van der Waals surface area contributed by atoms with Crippen molar-refractivity contribution < 1.29 is 19.8 Å². The number of aliphatic hydroxyl groups is 1. The highest BCUT2D eigenvalue weighted by Crippen LogP contribution is 2.52. The van der Waals surface area contributed by atoms with Crippen molar-refractivity contribution in [3.05, 3.63) is 59.9 Å². The molecule has 2 aromatic rings. The monoisotopic (exact) mass is 434 g/mol. The molecule has 2 N–H and O–H groups in total. The number of benzene rings is 1. The summed E-state index contributed by atoms with van der Waals surface area (Å²) in [7, 11) is 0. The van der Waals surface area contributed by atoms with Gasteiger partial charge in [-0.15, -0.1) is 0 Å². The Hall–Kier alpha value is -2.99. The number of fused-ring (bicyclic) bond motifs is 1. The maximum absolute atomic E-state index is 12.4. The lowest BCUT2D eigenvalue weighted by molar-refractivity contribution is -0.160. The largest absolute Gasteiger partial charge is 0.460 e. The average molecular weight is 435 g/mol. The van der Waals surface area contributed by atoms with Crippen LogP contribution in [0, 0.1) is 23.7 Å². The minimum absolute atomic E-state index is 0.0261. The molecule has 0 radical (unpaired) electrons. The first-order chi connectivity index (χ1) is 15.4. The lowest BCUT2D eigenvalue weighted by atomic mass is 9.59. The second-order valence-corrected chi connectivity index (χ2v) is 9.05. The van der Waals surface area contributed by atoms with E-state index >= 15 is 0 Å². The third-order valence-electron chi connectivity index (χ3n) is 7.19. The van der Waals surface area contributed by atoms with Crippen molar-refractivity contribution >= 4 is 18.3 Å². The van der Waals surface area contributed by atoms with Gasteiger partial charge in [-0.2, -0.15) is 0 Å². The van der Waals surface area contributed by atoms with E-state index in [1.165, 1.54) is 6.21 Å². The van der Waals surface area contributed by atoms with E-state index in [1.807, 2.05) is 49.4 Å². The van der Waals surface area contributed by atoms with E-state index in [4.69, 9.17) is 9.94 Å². The summed E-state index contributed by atoms with van der Waals surface area (Å²) in [6.07, 6.45) is 8.39. The third kappa shape index (κ3) is 3.84. The van der Waals surface area contributed by atoms with Crippen LogP contribution in [-0.4, -0.2) is 39.2 Å². The fourth-order valence-electron chi connectivity index (χ4n) is 5.75. The Morgan fingerprint density at radius 1 is 1.25 bits per heavy atom. The van der Waals surface area contributed by atoms with E-state index in [9.17, 15) is 9.90 Å². The van der Waals surface area contributed by atoms with Crippen molar-refractivity contribution in [1.29, 1.82) is 0 Å². The Morgan fingerprint density at radius 2 is 2.03 bits per heavy atom. The number of rotatable bonds is 5. The number of ether oxygens (including phenoxy) is 1. The van der Waals surface area contributed by atoms with Gasteiger partial charge in [-0.25, -0.2) is 4.79 Å². The Kier molecular flexibility index (Phi) is 6.15. The van der Waals surface area contributed by atoms with Crippen molar-refractivity contribution in [2.75, 3.05) is 0 Å². The van der Waals surface area contributed by atoms with Gasteiger partial charge in [0.05, 0.1) is 11.9 Å². The molecule has 1 aromatic heterocycles. The van der Waals surface area contributed by atoms with E-state index in [1.54, 1.807) is 6.20 Å². The molecule has 0 amide bonds. The fourth-order valence-corrected chi connectivity index (χ4v) is 5.75. The topological polar surface area (TPSA) is 92.0 Å². The lowest BCUT2D eigenvalue weighted by Gasteiger charge is -2.45. The number of aromatic nitrogens is 1. The number of hydrogen-bond acceptors (Lipinski definition) is 6. The molecule has 0 bridgehead atoms. The molecule has 4 rings (SSSR count). The number of cyclic esters (lactones) is 1. The number of pyridine rings is 1. The SMILES string of the molecule is CCC1C(C)CC2(O)C(=O)OC(C)C2C1/C=C/c1ccc(-c2ccccc2/C=N/O)cn1. The molecule has 0 spiro atoms. The normalized spacial score (nSPS) is 32.4. The molecule has 1 aliphatic heterocycles. The Labute approximate surface area is 188 Å². The van der Waals surface area contributed by atoms with Gasteiger partial charge in [-0.1, -0.05) is 61.8 Å². The highest BCUT2D eigenvalue weighted by molar-refractivity contribution is 5.90. The highest BCUT2D eigenvalue weighted by atomic mass is 16.6. The first-order valence-corrected chi connectivity index (χ1v) is 11.2. The van der Waals surface area contributed by atoms with Crippen LogP contribution in [0.4, 0.5) is 0 Å². The Bertz CT molecular complexity index is 1030. The molecule has 1 aromatic carbocycles. The predicted molar refractivity (Wildman–Crippen MR) is 123 cm³/mol. The van der Waals surface area contributed by atoms with Gasteiger partial charge in [0.2, 0.25) is 0 Å². The number of allylic oxidation sites excluding steroid dienone is 1. The summed E-state index contributed by atoms with van der Waals surface area (Å²) in [5.74, 6) is -0.136. The summed E-state index contributed by atoms with van der Waals surface area (Å²) in [6, 6.07) is 11.6. The molecule has 6 atom stereocenters. The molecule has 1 saturated heterocycles. The number of carbonyl (C=O) groups is 1. The second kappa shape index (κ2) is 8.87. The molecule has 1 aliphatic carbocycles. The van der Waals surface area contributed by atoms with Crippen molar-refractivity contribution in [3.8, 4) is 11.1 Å². The van der Waals surface area contributed by atoms with E-state index in [0.717, 1.165) is 28.8 Å². The molecular weight excluding hydrogens is 404 g/mol. The van der Waals surface area contributed by atoms with E-state index in [2.05, 4.69) is 30.1 Å². The average Bonchev–Trinajstić information content (AvgIpc) is 3.00. The standard InChI is InChI=1S/C26H30N2O4/c1-4-21-16(2)13-26(30)24(17(3)32-25(26)29)23(21)12-11-20-10-9-19(14-27-20)22-8-6-5-7-18(22)15-28-31/h5-12,14-17,21,23-24,30-31H,4,13H2,1-3H3/b12-11+,28-15+. The van der Waals surface area contributed by atoms with Crippen LogP contribution in [0.2, 0.25) is 0 Å². The molecule has 6 unspecified atom stereocenters. The zero-order valence-electron chi connectivity index (χ0n) is 18.7. The van der Waals surface area contributed by atoms with Crippen LogP contribution in [0.5, 0.6) is 0 Å². The predicted octanol–water partition coefficient (Wildman–Crippen LogP) is 4.54. The third-order valence-corrected chi connectivity index (χ3v) is 7.19. The zero-order chi connectivity index (χ0) is 22.9. The molecule has 2 fully saturated rings. The fraction of sp³-hybridized carbons (Fsp3) is 0.423. The maximum atomic E-state index is 12.4. The van der Waals surface area contributed by atoms with Gasteiger partial charge >= 0.3 is 5.97 Å². The summed E-state index contributed by atoms with van der Waals surface area (Å²) in [6.45, 7) is 6.15. The van der Waals surface area contributed by atoms with Gasteiger partial charge in [0.15, 0.2) is 5.60 Å². The molecule has 32 heavy (non-hydrogen) atoms. The maximum Gasteiger partial charge on any atom is 0.338 e. The van der Waals surface area contributed by atoms with Crippen molar-refractivity contribution in [3.63, 3.8) is 0 Å². The van der Waals surface area contributed by atoms with Crippen molar-refractivity contribution in [2.45, 2.75) is 45.3 Å². The lowest BCUT2D eigenvalue weighted by Crippen LogP contribution is -2.53. The van der Waals surface area contributed by atoms with Crippen LogP contribution >= 0.6 is 0 Å². The summed E-state index contributed by atoms with van der Waals surface area (Å²) in [5.41, 5.74) is 2.06. The van der Waals surface area contributed by atoms with Crippen LogP contribution in [0.25, 0.3) is 17.2 Å². The quantitative estimate of drug-likeness (QED) is 0.312. The van der Waals surface area contributed by atoms with Gasteiger partial charge in [0.25, 0.3) is 0 Å². The summed E-state index contributed by atoms with van der Waals surface area (Å²) in [4.78, 5) is 17.0. The van der Waals surface area contributed by atoms with Crippen LogP contribution in [0.15, 0.2) is 53.8 Å². The van der Waals surface area contributed by atoms with Crippen molar-refractivity contribution in [2.24, 2.45) is 28.8 Å². The molecule has 1 saturated carbocycles. The number of nitrogens with zero attached hydrogens (tertiary/aromatic N) is 2. The van der Waals surface area contributed by atoms with Crippen LogP contribution in [-0.2, 0) is 9.53 Å². The molecular formula is C26H30N2O4. The minimum Gasteiger partial charge on any atom is -0.460 e. The van der Waals surface area contributed by atoms with Gasteiger partial charge in [0, 0.05) is 23.2 Å². The number of carbonyl (C=O) groups excluding carboxylic acids is 1. The Balaban J connectivity index is 1.61. The first kappa shape index (κ1) is 22.2. The smallest absolute Gasteiger partial charge is 0.338 e. The molecule has 168 valence electrons. The summed E-state index contributed by atoms with van der Waals surface area (Å²) in [5, 5.41) is 23.2. The van der Waals surface area contributed by atoms with Gasteiger partial charge in [-0.3, -0.25) is 4.98 Å². The van der Waals surface area contributed by atoms with Gasteiger partial charge in [0.1, 0.15) is 6.10 Å². The summed E-state index contributed by atoms with van der Waals surface area (Å²) >= 11 is 0. The molecule has 6 heteroatoms. The van der Waals surface area contributed by atoms with Gasteiger partial charge < -0.3 is 15.1 Å². The van der Waals surface area contributed by atoms with Crippen LogP contribution < -0.4 is 0 Å². The number of esters is 1. The molecule has 2 aliphatic rings. The van der Waals surface area contributed by atoms with Gasteiger partial charge in [-0.05, 0) is 48.8 Å². The Morgan fingerprint density at radius 3 is 2.72 bits per heavy atom. The van der Waals surface area contributed by atoms with E-state index in [0.29, 0.717) is 12.3 Å². The van der Waals surface area contributed by atoms with E-state index in [-0.39, 0.29) is 23.9 Å². The van der Waals surface area contributed by atoms with Crippen molar-refractivity contribution in [1.82, 2.24) is 4.98 Å². The molecule has 6 nitrogen and oxygen atoms in total. The number of hydrogen-bond donors (Lipinski definition) is 2.